The lowest BCUT2D eigenvalue weighted by Gasteiger charge is -2.60. The second kappa shape index (κ2) is 4.12. The fourth-order valence-electron chi connectivity index (χ4n) is 6.42. The smallest absolute Gasteiger partial charge is 0.00862 e. The third-order valence-electron chi connectivity index (χ3n) is 7.54. The fraction of sp³-hybridized carbons (Fsp3) is 0.842. The Labute approximate surface area is 119 Å². The molecule has 3 saturated carbocycles. The van der Waals surface area contributed by atoms with Crippen molar-refractivity contribution in [1.29, 1.82) is 0 Å². The number of fused-ring (bicyclic) bond motifs is 5. The maximum Gasteiger partial charge on any atom is -0.00862 e. The molecule has 0 heterocycles. The fourth-order valence-corrected chi connectivity index (χ4v) is 6.42. The van der Waals surface area contributed by atoms with Crippen LogP contribution < -0.4 is 0 Å². The van der Waals surface area contributed by atoms with Crippen LogP contribution in [-0.2, 0) is 0 Å². The predicted octanol–water partition coefficient (Wildman–Crippen LogP) is 5.54. The lowest BCUT2D eigenvalue weighted by atomic mass is 9.47. The van der Waals surface area contributed by atoms with E-state index in [0.717, 1.165) is 17.8 Å². The van der Waals surface area contributed by atoms with Gasteiger partial charge in [0, 0.05) is 0 Å². The van der Waals surface area contributed by atoms with Crippen molar-refractivity contribution in [3.63, 3.8) is 0 Å². The summed E-state index contributed by atoms with van der Waals surface area (Å²) in [5.74, 6) is 2.97. The molecule has 106 valence electrons. The maximum absolute atomic E-state index is 2.72. The molecule has 5 atom stereocenters. The van der Waals surface area contributed by atoms with Gasteiger partial charge in [-0.15, -0.1) is 0 Å². The summed E-state index contributed by atoms with van der Waals surface area (Å²) in [6.07, 6.45) is 18.4. The van der Waals surface area contributed by atoms with E-state index in [1.54, 1.807) is 0 Å². The lowest BCUT2D eigenvalue weighted by molar-refractivity contribution is -0.0257. The molecule has 0 spiro atoms. The minimum absolute atomic E-state index is 0.582. The Morgan fingerprint density at radius 2 is 2.05 bits per heavy atom. The Morgan fingerprint density at radius 1 is 1.16 bits per heavy atom. The molecular weight excluding hydrogens is 228 g/mol. The summed E-state index contributed by atoms with van der Waals surface area (Å²) in [5, 5.41) is 0. The normalized spacial score (nSPS) is 52.9. The number of allylic oxidation sites excluding steroid dienone is 2. The summed E-state index contributed by atoms with van der Waals surface area (Å²) >= 11 is 0. The molecule has 0 aromatic heterocycles. The van der Waals surface area contributed by atoms with E-state index in [9.17, 15) is 0 Å². The quantitative estimate of drug-likeness (QED) is 0.394. The molecule has 4 rings (SSSR count). The van der Waals surface area contributed by atoms with Crippen LogP contribution in [0.25, 0.3) is 0 Å². The minimum Gasteiger partial charge on any atom is -0.325 e. The second-order valence-corrected chi connectivity index (χ2v) is 8.34. The number of rotatable bonds is 0. The third kappa shape index (κ3) is 1.64. The standard InChI is InChI=1S/C19H29/c1-18-11-5-7-16(18)15-9-8-14-6-3-4-12-19(14,2)17(15)10-13-18/h6-7,15-17H,3-5,8-13H2,1-2H3/q-1/t15-,16-,17-,18-,19-/m0/s1. The molecular formula is C19H29-. The van der Waals surface area contributed by atoms with Gasteiger partial charge < -0.3 is 6.42 Å². The summed E-state index contributed by atoms with van der Waals surface area (Å²) < 4.78 is 0. The first-order valence-corrected chi connectivity index (χ1v) is 8.66. The SMILES string of the molecule is C[C@@]12CC[CH-][C@H]1[C@@H]1CCC3=CCCC[C@]3(C)[C@H]1CC2. The van der Waals surface area contributed by atoms with Crippen molar-refractivity contribution in [2.24, 2.45) is 28.6 Å². The topological polar surface area (TPSA) is 0 Å². The largest absolute Gasteiger partial charge is 0.325 e. The van der Waals surface area contributed by atoms with Crippen molar-refractivity contribution >= 4 is 0 Å². The predicted molar refractivity (Wildman–Crippen MR) is 80.6 cm³/mol. The van der Waals surface area contributed by atoms with Crippen molar-refractivity contribution in [1.82, 2.24) is 0 Å². The molecule has 0 saturated heterocycles. The van der Waals surface area contributed by atoms with Crippen molar-refractivity contribution in [2.75, 3.05) is 0 Å². The molecule has 3 fully saturated rings. The van der Waals surface area contributed by atoms with E-state index in [0.29, 0.717) is 10.8 Å². The highest BCUT2D eigenvalue weighted by atomic mass is 14.6. The summed E-state index contributed by atoms with van der Waals surface area (Å²) in [7, 11) is 0. The van der Waals surface area contributed by atoms with Crippen molar-refractivity contribution < 1.29 is 0 Å². The van der Waals surface area contributed by atoms with Gasteiger partial charge in [0.1, 0.15) is 0 Å². The molecule has 19 heavy (non-hydrogen) atoms. The van der Waals surface area contributed by atoms with Gasteiger partial charge in [-0.3, -0.25) is 0 Å². The third-order valence-corrected chi connectivity index (χ3v) is 7.54. The molecule has 0 unspecified atom stereocenters. The minimum atomic E-state index is 0.582. The first-order chi connectivity index (χ1) is 9.13. The van der Waals surface area contributed by atoms with Crippen molar-refractivity contribution in [3.8, 4) is 0 Å². The van der Waals surface area contributed by atoms with Crippen LogP contribution in [0.5, 0.6) is 0 Å². The van der Waals surface area contributed by atoms with Crippen LogP contribution in [-0.4, -0.2) is 0 Å². The highest BCUT2D eigenvalue weighted by Crippen LogP contribution is 2.65. The summed E-state index contributed by atoms with van der Waals surface area (Å²) in [6, 6.07) is 0. The summed E-state index contributed by atoms with van der Waals surface area (Å²) in [5.41, 5.74) is 3.10. The van der Waals surface area contributed by atoms with Gasteiger partial charge in [-0.25, -0.2) is 0 Å². The van der Waals surface area contributed by atoms with Gasteiger partial charge in [0.15, 0.2) is 0 Å². The molecule has 0 bridgehead atoms. The van der Waals surface area contributed by atoms with E-state index in [1.165, 1.54) is 57.8 Å². The Bertz CT molecular complexity index is 406. The highest BCUT2D eigenvalue weighted by molar-refractivity contribution is 5.24. The Hall–Kier alpha value is -0.260. The molecule has 0 aromatic rings. The summed E-state index contributed by atoms with van der Waals surface area (Å²) in [6.45, 7) is 5.21. The second-order valence-electron chi connectivity index (χ2n) is 8.34. The molecule has 4 aliphatic rings. The van der Waals surface area contributed by atoms with Crippen LogP contribution in [0.2, 0.25) is 0 Å². The summed E-state index contributed by atoms with van der Waals surface area (Å²) in [4.78, 5) is 0. The van der Waals surface area contributed by atoms with E-state index in [-0.39, 0.29) is 0 Å². The first kappa shape index (κ1) is 12.5. The van der Waals surface area contributed by atoms with E-state index in [1.807, 2.05) is 5.57 Å². The van der Waals surface area contributed by atoms with Crippen LogP contribution in [0.3, 0.4) is 0 Å². The number of hydrogen-bond acceptors (Lipinski definition) is 0. The molecule has 0 heteroatoms. The van der Waals surface area contributed by atoms with Gasteiger partial charge in [0.25, 0.3) is 0 Å². The maximum atomic E-state index is 2.72. The van der Waals surface area contributed by atoms with Gasteiger partial charge >= 0.3 is 0 Å². The molecule has 4 aliphatic carbocycles. The van der Waals surface area contributed by atoms with Crippen LogP contribution >= 0.6 is 0 Å². The molecule has 0 aromatic carbocycles. The van der Waals surface area contributed by atoms with E-state index >= 15 is 0 Å². The Kier molecular flexibility index (Phi) is 2.71. The average molecular weight is 257 g/mol. The van der Waals surface area contributed by atoms with Crippen LogP contribution in [0.1, 0.15) is 71.6 Å². The first-order valence-electron chi connectivity index (χ1n) is 8.66. The van der Waals surface area contributed by atoms with E-state index < -0.39 is 0 Å². The molecule has 0 amide bonds. The Balaban J connectivity index is 1.69. The lowest BCUT2D eigenvalue weighted by Crippen LogP contribution is -2.48. The van der Waals surface area contributed by atoms with Crippen LogP contribution in [0.15, 0.2) is 11.6 Å². The monoisotopic (exact) mass is 257 g/mol. The average Bonchev–Trinajstić information content (AvgIpc) is 2.79. The van der Waals surface area contributed by atoms with Gasteiger partial charge in [0.05, 0.1) is 0 Å². The van der Waals surface area contributed by atoms with E-state index in [2.05, 4.69) is 26.3 Å². The molecule has 0 N–H and O–H groups in total. The zero-order chi connectivity index (χ0) is 13.1. The van der Waals surface area contributed by atoms with Crippen molar-refractivity contribution in [2.45, 2.75) is 71.6 Å². The zero-order valence-electron chi connectivity index (χ0n) is 12.8. The van der Waals surface area contributed by atoms with Gasteiger partial charge in [-0.1, -0.05) is 43.3 Å². The molecule has 0 aliphatic heterocycles. The van der Waals surface area contributed by atoms with Gasteiger partial charge in [-0.05, 0) is 56.3 Å². The van der Waals surface area contributed by atoms with Crippen molar-refractivity contribution in [3.05, 3.63) is 18.1 Å². The van der Waals surface area contributed by atoms with E-state index in [4.69, 9.17) is 0 Å². The van der Waals surface area contributed by atoms with Gasteiger partial charge in [0.2, 0.25) is 0 Å². The van der Waals surface area contributed by atoms with Gasteiger partial charge in [-0.2, -0.15) is 12.3 Å². The zero-order valence-corrected chi connectivity index (χ0v) is 12.8. The number of hydrogen-bond donors (Lipinski definition) is 0. The van der Waals surface area contributed by atoms with Crippen LogP contribution in [0.4, 0.5) is 0 Å². The molecule has 0 radical (unpaired) electrons. The molecule has 0 nitrogen and oxygen atoms in total. The Morgan fingerprint density at radius 3 is 2.95 bits per heavy atom. The van der Waals surface area contributed by atoms with Crippen LogP contribution in [0, 0.1) is 35.0 Å². The highest BCUT2D eigenvalue weighted by Gasteiger charge is 2.52.